The van der Waals surface area contributed by atoms with E-state index in [1.165, 1.54) is 0 Å². The molecule has 0 bridgehead atoms. The number of carbonyl (C=O) groups is 1. The van der Waals surface area contributed by atoms with Gasteiger partial charge in [-0.25, -0.2) is 0 Å². The number of carbonyl (C=O) groups excluding carboxylic acids is 1. The molecule has 1 amide bonds. The highest BCUT2D eigenvalue weighted by Gasteiger charge is 2.13. The highest BCUT2D eigenvalue weighted by molar-refractivity contribution is 5.93. The van der Waals surface area contributed by atoms with Gasteiger partial charge >= 0.3 is 0 Å². The highest BCUT2D eigenvalue weighted by atomic mass is 16.1. The number of hydrogen-bond acceptors (Lipinski definition) is 3. The summed E-state index contributed by atoms with van der Waals surface area (Å²) in [4.78, 5) is 16.6. The second-order valence-corrected chi connectivity index (χ2v) is 5.00. The first-order valence-electron chi connectivity index (χ1n) is 7.32. The molecule has 2 aromatic heterocycles. The molecule has 21 heavy (non-hydrogen) atoms. The smallest absolute Gasteiger partial charge is 0.268 e. The molecule has 0 unspecified atom stereocenters. The Morgan fingerprint density at radius 2 is 2.24 bits per heavy atom. The van der Waals surface area contributed by atoms with Gasteiger partial charge in [0.15, 0.2) is 0 Å². The average Bonchev–Trinajstić information content (AvgIpc) is 2.86. The van der Waals surface area contributed by atoms with Gasteiger partial charge < -0.3 is 15.6 Å². The number of aryl methyl sites for hydroxylation is 2. The average molecular weight is 286 g/mol. The van der Waals surface area contributed by atoms with Gasteiger partial charge in [-0.15, -0.1) is 0 Å². The van der Waals surface area contributed by atoms with E-state index in [9.17, 15) is 4.79 Å². The van der Waals surface area contributed by atoms with Crippen molar-refractivity contribution in [2.24, 2.45) is 0 Å². The molecule has 0 aliphatic carbocycles. The number of anilines is 1. The molecule has 5 heteroatoms. The standard InChI is InChI=1S/C16H22N4O/c1-3-8-20-11-13(17)9-15(20)16(21)19-10-14-12(4-2)6-5-7-18-14/h5-7,9,11H,3-4,8,10,17H2,1-2H3,(H,19,21). The van der Waals surface area contributed by atoms with Crippen molar-refractivity contribution in [3.05, 3.63) is 47.5 Å². The summed E-state index contributed by atoms with van der Waals surface area (Å²) >= 11 is 0. The molecule has 0 saturated carbocycles. The van der Waals surface area contributed by atoms with Crippen molar-refractivity contribution < 1.29 is 4.79 Å². The second-order valence-electron chi connectivity index (χ2n) is 5.00. The summed E-state index contributed by atoms with van der Waals surface area (Å²) in [7, 11) is 0. The minimum absolute atomic E-state index is 0.118. The van der Waals surface area contributed by atoms with Crippen LogP contribution in [-0.2, 0) is 19.5 Å². The largest absolute Gasteiger partial charge is 0.397 e. The fraction of sp³-hybridized carbons (Fsp3) is 0.375. The molecule has 2 aromatic rings. The third kappa shape index (κ3) is 3.62. The van der Waals surface area contributed by atoms with Gasteiger partial charge in [0.1, 0.15) is 5.69 Å². The number of rotatable bonds is 6. The first kappa shape index (κ1) is 15.1. The zero-order chi connectivity index (χ0) is 15.2. The molecule has 0 atom stereocenters. The van der Waals surface area contributed by atoms with Crippen molar-refractivity contribution in [1.82, 2.24) is 14.9 Å². The van der Waals surface area contributed by atoms with Gasteiger partial charge in [-0.1, -0.05) is 19.9 Å². The number of hydrogen-bond donors (Lipinski definition) is 2. The summed E-state index contributed by atoms with van der Waals surface area (Å²) < 4.78 is 1.89. The summed E-state index contributed by atoms with van der Waals surface area (Å²) in [5.74, 6) is -0.118. The maximum absolute atomic E-state index is 12.3. The van der Waals surface area contributed by atoms with Crippen LogP contribution in [0.5, 0.6) is 0 Å². The van der Waals surface area contributed by atoms with Crippen LogP contribution >= 0.6 is 0 Å². The lowest BCUT2D eigenvalue weighted by Crippen LogP contribution is -2.26. The Morgan fingerprint density at radius 3 is 2.95 bits per heavy atom. The van der Waals surface area contributed by atoms with Crippen LogP contribution in [-0.4, -0.2) is 15.5 Å². The number of nitrogens with one attached hydrogen (secondary N) is 1. The summed E-state index contributed by atoms with van der Waals surface area (Å²) in [5, 5.41) is 2.92. The van der Waals surface area contributed by atoms with E-state index in [4.69, 9.17) is 5.73 Å². The fourth-order valence-corrected chi connectivity index (χ4v) is 2.36. The van der Waals surface area contributed by atoms with E-state index in [1.807, 2.05) is 16.7 Å². The van der Waals surface area contributed by atoms with Crippen LogP contribution in [0.1, 0.15) is 42.0 Å². The van der Waals surface area contributed by atoms with Crippen molar-refractivity contribution in [2.75, 3.05) is 5.73 Å². The lowest BCUT2D eigenvalue weighted by atomic mass is 10.1. The molecule has 0 aromatic carbocycles. The predicted molar refractivity (Wildman–Crippen MR) is 83.9 cm³/mol. The molecule has 0 aliphatic heterocycles. The SMILES string of the molecule is CCCn1cc(N)cc1C(=O)NCc1ncccc1CC. The van der Waals surface area contributed by atoms with Crippen molar-refractivity contribution in [3.8, 4) is 0 Å². The minimum Gasteiger partial charge on any atom is -0.397 e. The summed E-state index contributed by atoms with van der Waals surface area (Å²) in [6.07, 6.45) is 5.40. The third-order valence-electron chi connectivity index (χ3n) is 3.40. The Morgan fingerprint density at radius 1 is 1.43 bits per heavy atom. The van der Waals surface area contributed by atoms with Gasteiger partial charge in [-0.2, -0.15) is 0 Å². The van der Waals surface area contributed by atoms with Gasteiger partial charge in [0.05, 0.1) is 17.9 Å². The molecular weight excluding hydrogens is 264 g/mol. The molecular formula is C16H22N4O. The van der Waals surface area contributed by atoms with E-state index >= 15 is 0 Å². The number of amides is 1. The molecule has 3 N–H and O–H groups in total. The number of pyridine rings is 1. The van der Waals surface area contributed by atoms with Gasteiger partial charge in [-0.05, 0) is 30.5 Å². The van der Waals surface area contributed by atoms with Gasteiger partial charge in [0, 0.05) is 18.9 Å². The van der Waals surface area contributed by atoms with Crippen LogP contribution in [0.3, 0.4) is 0 Å². The number of nitrogens with two attached hydrogens (primary N) is 1. The number of nitrogens with zero attached hydrogens (tertiary/aromatic N) is 2. The van der Waals surface area contributed by atoms with E-state index in [0.29, 0.717) is 17.9 Å². The normalized spacial score (nSPS) is 10.6. The Kier molecular flexibility index (Phi) is 4.98. The van der Waals surface area contributed by atoms with Gasteiger partial charge in [0.2, 0.25) is 0 Å². The molecule has 0 spiro atoms. The van der Waals surface area contributed by atoms with Crippen molar-refractivity contribution >= 4 is 11.6 Å². The van der Waals surface area contributed by atoms with Crippen LogP contribution in [0.4, 0.5) is 5.69 Å². The van der Waals surface area contributed by atoms with Gasteiger partial charge in [0.25, 0.3) is 5.91 Å². The quantitative estimate of drug-likeness (QED) is 0.856. The molecule has 112 valence electrons. The van der Waals surface area contributed by atoms with E-state index in [2.05, 4.69) is 24.1 Å². The van der Waals surface area contributed by atoms with E-state index < -0.39 is 0 Å². The van der Waals surface area contributed by atoms with Crippen molar-refractivity contribution in [3.63, 3.8) is 0 Å². The summed E-state index contributed by atoms with van der Waals surface area (Å²) in [6.45, 7) is 5.36. The highest BCUT2D eigenvalue weighted by Crippen LogP contribution is 2.12. The number of nitrogen functional groups attached to an aromatic ring is 1. The van der Waals surface area contributed by atoms with Crippen LogP contribution in [0.25, 0.3) is 0 Å². The Balaban J connectivity index is 2.08. The van der Waals surface area contributed by atoms with Crippen LogP contribution in [0, 0.1) is 0 Å². The maximum Gasteiger partial charge on any atom is 0.268 e. The van der Waals surface area contributed by atoms with Crippen molar-refractivity contribution in [2.45, 2.75) is 39.8 Å². The molecule has 0 fully saturated rings. The topological polar surface area (TPSA) is 72.9 Å². The Bertz CT molecular complexity index is 618. The maximum atomic E-state index is 12.3. The van der Waals surface area contributed by atoms with E-state index in [0.717, 1.165) is 30.6 Å². The molecule has 0 radical (unpaired) electrons. The van der Waals surface area contributed by atoms with E-state index in [1.54, 1.807) is 18.5 Å². The minimum atomic E-state index is -0.118. The summed E-state index contributed by atoms with van der Waals surface area (Å²) in [5.41, 5.74) is 9.07. The lowest BCUT2D eigenvalue weighted by molar-refractivity contribution is 0.0941. The zero-order valence-corrected chi connectivity index (χ0v) is 12.6. The van der Waals surface area contributed by atoms with Crippen molar-refractivity contribution in [1.29, 1.82) is 0 Å². The van der Waals surface area contributed by atoms with Gasteiger partial charge in [-0.3, -0.25) is 9.78 Å². The second kappa shape index (κ2) is 6.92. The zero-order valence-electron chi connectivity index (χ0n) is 12.6. The number of aromatic nitrogens is 2. The molecule has 2 heterocycles. The summed E-state index contributed by atoms with van der Waals surface area (Å²) in [6, 6.07) is 5.66. The molecule has 0 saturated heterocycles. The van der Waals surface area contributed by atoms with E-state index in [-0.39, 0.29) is 5.91 Å². The third-order valence-corrected chi connectivity index (χ3v) is 3.40. The Hall–Kier alpha value is -2.30. The molecule has 5 nitrogen and oxygen atoms in total. The monoisotopic (exact) mass is 286 g/mol. The molecule has 0 aliphatic rings. The Labute approximate surface area is 125 Å². The predicted octanol–water partition coefficient (Wildman–Crippen LogP) is 2.37. The van der Waals surface area contributed by atoms with Crippen LogP contribution < -0.4 is 11.1 Å². The molecule has 2 rings (SSSR count). The first-order chi connectivity index (χ1) is 10.2. The fourth-order valence-electron chi connectivity index (χ4n) is 2.36. The lowest BCUT2D eigenvalue weighted by Gasteiger charge is -2.10. The first-order valence-corrected chi connectivity index (χ1v) is 7.32. The van der Waals surface area contributed by atoms with Crippen LogP contribution in [0.2, 0.25) is 0 Å². The van der Waals surface area contributed by atoms with Crippen LogP contribution in [0.15, 0.2) is 30.6 Å².